The summed E-state index contributed by atoms with van der Waals surface area (Å²) in [6, 6.07) is 7.75. The van der Waals surface area contributed by atoms with Crippen molar-refractivity contribution in [2.75, 3.05) is 25.0 Å². The molecule has 0 unspecified atom stereocenters. The molecule has 20 heavy (non-hydrogen) atoms. The van der Waals surface area contributed by atoms with E-state index in [1.54, 1.807) is 0 Å². The van der Waals surface area contributed by atoms with Gasteiger partial charge in [-0.2, -0.15) is 0 Å². The molecule has 1 amide bonds. The maximum atomic E-state index is 12.3. The zero-order valence-electron chi connectivity index (χ0n) is 12.3. The van der Waals surface area contributed by atoms with Gasteiger partial charge in [0.1, 0.15) is 5.66 Å². The predicted molar refractivity (Wildman–Crippen MR) is 80.8 cm³/mol. The maximum Gasteiger partial charge on any atom is 0.255 e. The monoisotopic (exact) mass is 273 g/mol. The molecular weight excluding hydrogens is 250 g/mol. The number of para-hydroxylation sites is 1. The Kier molecular flexibility index (Phi) is 3.42. The topological polar surface area (TPSA) is 44.4 Å². The number of amides is 1. The van der Waals surface area contributed by atoms with Crippen molar-refractivity contribution in [2.45, 2.75) is 32.4 Å². The van der Waals surface area contributed by atoms with E-state index in [1.165, 1.54) is 0 Å². The molecule has 0 radical (unpaired) electrons. The fourth-order valence-corrected chi connectivity index (χ4v) is 3.25. The molecule has 0 aliphatic carbocycles. The lowest BCUT2D eigenvalue weighted by Crippen LogP contribution is -2.62. The summed E-state index contributed by atoms with van der Waals surface area (Å²) in [5.41, 5.74) is 1.47. The lowest BCUT2D eigenvalue weighted by molar-refractivity contribution is 0.0818. The number of nitrogens with one attached hydrogen (secondary N) is 2. The van der Waals surface area contributed by atoms with E-state index in [-0.39, 0.29) is 11.6 Å². The average Bonchev–Trinajstić information content (AvgIpc) is 2.41. The molecule has 2 heterocycles. The number of hydrogen-bond donors (Lipinski definition) is 2. The van der Waals surface area contributed by atoms with Crippen LogP contribution < -0.4 is 10.6 Å². The second-order valence-corrected chi connectivity index (χ2v) is 6.40. The largest absolute Gasteiger partial charge is 0.362 e. The molecule has 108 valence electrons. The quantitative estimate of drug-likeness (QED) is 0.869. The highest BCUT2D eigenvalue weighted by molar-refractivity contribution is 6.02. The SMILES string of the molecule is CC(C)CN1CCC2(CC1)NC(=O)c1ccccc1N2. The Morgan fingerprint density at radius 1 is 1.20 bits per heavy atom. The smallest absolute Gasteiger partial charge is 0.255 e. The molecule has 4 nitrogen and oxygen atoms in total. The summed E-state index contributed by atoms with van der Waals surface area (Å²) < 4.78 is 0. The first-order chi connectivity index (χ1) is 9.58. The van der Waals surface area contributed by atoms with Gasteiger partial charge in [-0.25, -0.2) is 0 Å². The van der Waals surface area contributed by atoms with Crippen LogP contribution in [0.15, 0.2) is 24.3 Å². The van der Waals surface area contributed by atoms with Gasteiger partial charge in [0.05, 0.1) is 5.56 Å². The van der Waals surface area contributed by atoms with Gasteiger partial charge in [-0.05, 0) is 18.1 Å². The number of nitrogens with zero attached hydrogens (tertiary/aromatic N) is 1. The van der Waals surface area contributed by atoms with Crippen molar-refractivity contribution in [1.29, 1.82) is 0 Å². The summed E-state index contributed by atoms with van der Waals surface area (Å²) in [6.07, 6.45) is 1.92. The Balaban J connectivity index is 1.72. The normalized spacial score (nSPS) is 21.4. The predicted octanol–water partition coefficient (Wildman–Crippen LogP) is 2.29. The number of rotatable bonds is 2. The van der Waals surface area contributed by atoms with E-state index >= 15 is 0 Å². The number of anilines is 1. The Morgan fingerprint density at radius 2 is 1.90 bits per heavy atom. The number of carbonyl (C=O) groups is 1. The third-order valence-electron chi connectivity index (χ3n) is 4.23. The summed E-state index contributed by atoms with van der Waals surface area (Å²) in [5.74, 6) is 0.746. The minimum Gasteiger partial charge on any atom is -0.362 e. The first kappa shape index (κ1) is 13.4. The van der Waals surface area contributed by atoms with Crippen LogP contribution in [0.4, 0.5) is 5.69 Å². The van der Waals surface area contributed by atoms with Crippen LogP contribution in [0.25, 0.3) is 0 Å². The molecular formula is C16H23N3O. The first-order valence-electron chi connectivity index (χ1n) is 7.50. The van der Waals surface area contributed by atoms with E-state index in [0.29, 0.717) is 5.92 Å². The van der Waals surface area contributed by atoms with Crippen molar-refractivity contribution in [3.63, 3.8) is 0 Å². The molecule has 2 N–H and O–H groups in total. The van der Waals surface area contributed by atoms with Gasteiger partial charge in [0.15, 0.2) is 0 Å². The highest BCUT2D eigenvalue weighted by atomic mass is 16.2. The third-order valence-corrected chi connectivity index (χ3v) is 4.23. The van der Waals surface area contributed by atoms with E-state index in [1.807, 2.05) is 24.3 Å². The van der Waals surface area contributed by atoms with Crippen molar-refractivity contribution >= 4 is 11.6 Å². The van der Waals surface area contributed by atoms with Gasteiger partial charge in [0, 0.05) is 38.2 Å². The summed E-state index contributed by atoms with van der Waals surface area (Å²) in [7, 11) is 0. The van der Waals surface area contributed by atoms with Crippen molar-refractivity contribution in [3.05, 3.63) is 29.8 Å². The van der Waals surface area contributed by atoms with Crippen LogP contribution in [0, 0.1) is 5.92 Å². The fourth-order valence-electron chi connectivity index (χ4n) is 3.25. The molecule has 0 aromatic heterocycles. The highest BCUT2D eigenvalue weighted by Gasteiger charge is 2.39. The molecule has 2 aliphatic heterocycles. The molecule has 1 saturated heterocycles. The second kappa shape index (κ2) is 5.09. The van der Waals surface area contributed by atoms with E-state index in [4.69, 9.17) is 0 Å². The van der Waals surface area contributed by atoms with Crippen molar-refractivity contribution < 1.29 is 4.79 Å². The molecule has 0 atom stereocenters. The first-order valence-corrected chi connectivity index (χ1v) is 7.50. The Bertz CT molecular complexity index is 504. The van der Waals surface area contributed by atoms with E-state index in [0.717, 1.165) is 43.7 Å². The number of piperidine rings is 1. The standard InChI is InChI=1S/C16H23N3O/c1-12(2)11-19-9-7-16(8-10-19)17-14-6-4-3-5-13(14)15(20)18-16/h3-6,12,17H,7-11H2,1-2H3,(H,18,20). The van der Waals surface area contributed by atoms with Crippen molar-refractivity contribution in [1.82, 2.24) is 10.2 Å². The average molecular weight is 273 g/mol. The molecule has 2 aliphatic rings. The van der Waals surface area contributed by atoms with Crippen molar-refractivity contribution in [2.24, 2.45) is 5.92 Å². The van der Waals surface area contributed by atoms with E-state index in [9.17, 15) is 4.79 Å². The Hall–Kier alpha value is -1.55. The zero-order chi connectivity index (χ0) is 14.2. The highest BCUT2D eigenvalue weighted by Crippen LogP contribution is 2.31. The minimum atomic E-state index is -0.251. The second-order valence-electron chi connectivity index (χ2n) is 6.40. The molecule has 3 rings (SSSR count). The molecule has 1 aromatic carbocycles. The van der Waals surface area contributed by atoms with Crippen LogP contribution in [-0.2, 0) is 0 Å². The Labute approximate surface area is 120 Å². The van der Waals surface area contributed by atoms with Crippen LogP contribution in [0.3, 0.4) is 0 Å². The summed E-state index contributed by atoms with van der Waals surface area (Å²) in [4.78, 5) is 14.7. The summed E-state index contributed by atoms with van der Waals surface area (Å²) in [6.45, 7) is 7.71. The van der Waals surface area contributed by atoms with Gasteiger partial charge in [0.2, 0.25) is 0 Å². The lowest BCUT2D eigenvalue weighted by Gasteiger charge is -2.46. The fraction of sp³-hybridized carbons (Fsp3) is 0.562. The van der Waals surface area contributed by atoms with Crippen LogP contribution in [0.2, 0.25) is 0 Å². The van der Waals surface area contributed by atoms with Crippen molar-refractivity contribution in [3.8, 4) is 0 Å². The number of hydrogen-bond acceptors (Lipinski definition) is 3. The van der Waals surface area contributed by atoms with Crippen LogP contribution in [0.1, 0.15) is 37.0 Å². The molecule has 1 fully saturated rings. The molecule has 0 saturated carbocycles. The zero-order valence-corrected chi connectivity index (χ0v) is 12.3. The van der Waals surface area contributed by atoms with Gasteiger partial charge < -0.3 is 15.5 Å². The number of likely N-dealkylation sites (tertiary alicyclic amines) is 1. The van der Waals surface area contributed by atoms with Gasteiger partial charge in [-0.15, -0.1) is 0 Å². The minimum absolute atomic E-state index is 0.0525. The molecule has 1 aromatic rings. The summed E-state index contributed by atoms with van der Waals surface area (Å²) >= 11 is 0. The third kappa shape index (κ3) is 2.52. The van der Waals surface area contributed by atoms with Gasteiger partial charge in [-0.1, -0.05) is 26.0 Å². The van der Waals surface area contributed by atoms with Gasteiger partial charge >= 0.3 is 0 Å². The van der Waals surface area contributed by atoms with Crippen LogP contribution in [-0.4, -0.2) is 36.1 Å². The van der Waals surface area contributed by atoms with Crippen LogP contribution in [0.5, 0.6) is 0 Å². The summed E-state index contributed by atoms with van der Waals surface area (Å²) in [5, 5.41) is 6.74. The van der Waals surface area contributed by atoms with Gasteiger partial charge in [-0.3, -0.25) is 4.79 Å². The number of carbonyl (C=O) groups excluding carboxylic acids is 1. The van der Waals surface area contributed by atoms with Gasteiger partial charge in [0.25, 0.3) is 5.91 Å². The van der Waals surface area contributed by atoms with Crippen LogP contribution >= 0.6 is 0 Å². The van der Waals surface area contributed by atoms with E-state index < -0.39 is 0 Å². The lowest BCUT2D eigenvalue weighted by atomic mass is 9.92. The number of fused-ring (bicyclic) bond motifs is 1. The molecule has 4 heteroatoms. The number of benzene rings is 1. The van der Waals surface area contributed by atoms with E-state index in [2.05, 4.69) is 29.4 Å². The maximum absolute atomic E-state index is 12.3. The Morgan fingerprint density at radius 3 is 2.60 bits per heavy atom. The molecule has 0 bridgehead atoms. The molecule has 1 spiro atoms.